The van der Waals surface area contributed by atoms with Gasteiger partial charge in [0.25, 0.3) is 5.91 Å². The number of ether oxygens (including phenoxy) is 1. The van der Waals surface area contributed by atoms with Crippen molar-refractivity contribution in [2.24, 2.45) is 0 Å². The summed E-state index contributed by atoms with van der Waals surface area (Å²) < 4.78 is 6.47. The van der Waals surface area contributed by atoms with Gasteiger partial charge in [0.05, 0.1) is 30.3 Å². The highest BCUT2D eigenvalue weighted by Gasteiger charge is 2.31. The number of para-hydroxylation sites is 1. The van der Waals surface area contributed by atoms with Gasteiger partial charge in [0.15, 0.2) is 11.5 Å². The third kappa shape index (κ3) is 4.27. The number of thiophene rings is 1. The summed E-state index contributed by atoms with van der Waals surface area (Å²) in [6, 6.07) is 20.4. The third-order valence-corrected chi connectivity index (χ3v) is 7.74. The van der Waals surface area contributed by atoms with Crippen molar-refractivity contribution in [2.45, 2.75) is 12.6 Å². The quantitative estimate of drug-likeness (QED) is 0.279. The number of carbonyl (C=O) groups is 1. The van der Waals surface area contributed by atoms with E-state index in [2.05, 4.69) is 11.9 Å². The fourth-order valence-corrected chi connectivity index (χ4v) is 5.86. The Balaban J connectivity index is 1.60. The van der Waals surface area contributed by atoms with Crippen LogP contribution >= 0.6 is 22.9 Å². The highest BCUT2D eigenvalue weighted by Crippen LogP contribution is 2.44. The molecule has 7 heteroatoms. The number of rotatable bonds is 6. The summed E-state index contributed by atoms with van der Waals surface area (Å²) in [6.45, 7) is 4.54. The molecule has 4 aromatic rings. The lowest BCUT2D eigenvalue weighted by atomic mass is 9.89. The molecule has 1 amide bonds. The van der Waals surface area contributed by atoms with Crippen molar-refractivity contribution in [2.75, 3.05) is 12.4 Å². The van der Waals surface area contributed by atoms with Crippen molar-refractivity contribution in [1.29, 1.82) is 0 Å². The number of hydrogen-bond acceptors (Lipinski definition) is 5. The Kier molecular flexibility index (Phi) is 6.24. The number of nitrogens with zero attached hydrogens (tertiary/aromatic N) is 1. The summed E-state index contributed by atoms with van der Waals surface area (Å²) in [6.07, 6.45) is 3.64. The summed E-state index contributed by atoms with van der Waals surface area (Å²) >= 11 is 8.38. The van der Waals surface area contributed by atoms with Gasteiger partial charge in [0, 0.05) is 26.9 Å². The number of phenols is 1. The summed E-state index contributed by atoms with van der Waals surface area (Å²) in [4.78, 5) is 16.5. The molecule has 1 aliphatic heterocycles. The number of fused-ring (bicyclic) bond motifs is 2. The van der Waals surface area contributed by atoms with Gasteiger partial charge in [-0.25, -0.2) is 0 Å². The van der Waals surface area contributed by atoms with Crippen LogP contribution in [0.15, 0.2) is 85.6 Å². The number of aromatic hydroxyl groups is 1. The second kappa shape index (κ2) is 9.49. The minimum Gasteiger partial charge on any atom is -0.504 e. The zero-order chi connectivity index (χ0) is 24.5. The molecular weight excluding hydrogens is 480 g/mol. The van der Waals surface area contributed by atoms with Crippen LogP contribution in [0.5, 0.6) is 11.5 Å². The largest absolute Gasteiger partial charge is 0.504 e. The van der Waals surface area contributed by atoms with Crippen LogP contribution in [-0.2, 0) is 11.3 Å². The topological polar surface area (TPSA) is 61.8 Å². The minimum absolute atomic E-state index is 0.0338. The highest BCUT2D eigenvalue weighted by molar-refractivity contribution is 7.19. The van der Waals surface area contributed by atoms with Crippen LogP contribution in [-0.4, -0.2) is 23.0 Å². The Morgan fingerprint density at radius 2 is 1.94 bits per heavy atom. The van der Waals surface area contributed by atoms with Gasteiger partial charge in [-0.3, -0.25) is 4.79 Å². The Morgan fingerprint density at radius 3 is 2.66 bits per heavy atom. The Bertz CT molecular complexity index is 1460. The molecule has 0 radical (unpaired) electrons. The van der Waals surface area contributed by atoms with Gasteiger partial charge in [0.1, 0.15) is 0 Å². The lowest BCUT2D eigenvalue weighted by molar-refractivity contribution is -0.111. The molecule has 0 saturated heterocycles. The monoisotopic (exact) mass is 502 g/mol. The minimum atomic E-state index is -0.281. The van der Waals surface area contributed by atoms with Crippen molar-refractivity contribution in [3.05, 3.63) is 107 Å². The van der Waals surface area contributed by atoms with Gasteiger partial charge in [0.2, 0.25) is 0 Å². The maximum Gasteiger partial charge on any atom is 0.257 e. The molecule has 176 valence electrons. The van der Waals surface area contributed by atoms with Gasteiger partial charge in [-0.2, -0.15) is 0 Å². The smallest absolute Gasteiger partial charge is 0.257 e. The first-order valence-electron chi connectivity index (χ1n) is 11.0. The van der Waals surface area contributed by atoms with Crippen LogP contribution in [0.25, 0.3) is 15.7 Å². The molecule has 0 fully saturated rings. The number of methoxy groups -OCH3 is 1. The lowest BCUT2D eigenvalue weighted by Crippen LogP contribution is -2.29. The van der Waals surface area contributed by atoms with E-state index in [1.54, 1.807) is 23.5 Å². The molecular formula is C28H23ClN2O3S. The number of nitrogens with one attached hydrogen (secondary N) is 1. The zero-order valence-electron chi connectivity index (χ0n) is 19.0. The van der Waals surface area contributed by atoms with E-state index in [1.807, 2.05) is 71.8 Å². The van der Waals surface area contributed by atoms with Crippen molar-refractivity contribution < 1.29 is 14.6 Å². The van der Waals surface area contributed by atoms with E-state index < -0.39 is 0 Å². The molecule has 0 spiro atoms. The Hall–Kier alpha value is -3.74. The first-order valence-corrected chi connectivity index (χ1v) is 12.2. The molecule has 1 unspecified atom stereocenters. The predicted molar refractivity (Wildman–Crippen MR) is 143 cm³/mol. The van der Waals surface area contributed by atoms with Crippen molar-refractivity contribution in [3.63, 3.8) is 0 Å². The van der Waals surface area contributed by atoms with E-state index in [1.165, 1.54) is 7.11 Å². The Morgan fingerprint density at radius 1 is 1.20 bits per heavy atom. The van der Waals surface area contributed by atoms with E-state index in [0.29, 0.717) is 34.1 Å². The third-order valence-electron chi connectivity index (χ3n) is 6.04. The molecule has 1 aromatic heterocycles. The SMILES string of the molecule is C=CC1c2cc(OC)c(O)cc2C(C(=O)Nc2ccccc2)=CN1Cc1sc2ccccc2c1Cl. The zero-order valence-corrected chi connectivity index (χ0v) is 20.6. The highest BCUT2D eigenvalue weighted by atomic mass is 35.5. The average molecular weight is 503 g/mol. The molecule has 2 heterocycles. The number of phenolic OH excluding ortho intramolecular Hbond substituents is 1. The van der Waals surface area contributed by atoms with E-state index in [0.717, 1.165) is 20.5 Å². The van der Waals surface area contributed by atoms with Crippen LogP contribution in [0.4, 0.5) is 5.69 Å². The standard InChI is InChI=1S/C28H23ClN2O3S/c1-3-22-20-14-24(34-2)23(32)13-19(20)21(28(33)30-17-9-5-4-6-10-17)15-31(22)16-26-27(29)18-11-7-8-12-25(18)35-26/h3-15,22,32H,1,16H2,2H3,(H,30,33). The van der Waals surface area contributed by atoms with Crippen molar-refractivity contribution in [3.8, 4) is 11.5 Å². The fraction of sp³-hybridized carbons (Fsp3) is 0.107. The van der Waals surface area contributed by atoms with Gasteiger partial charge < -0.3 is 20.1 Å². The summed E-state index contributed by atoms with van der Waals surface area (Å²) in [5, 5.41) is 15.2. The maximum absolute atomic E-state index is 13.4. The number of amides is 1. The van der Waals surface area contributed by atoms with E-state index >= 15 is 0 Å². The van der Waals surface area contributed by atoms with Crippen LogP contribution < -0.4 is 10.1 Å². The summed E-state index contributed by atoms with van der Waals surface area (Å²) in [5.74, 6) is 0.0191. The number of halogens is 1. The average Bonchev–Trinajstić information content (AvgIpc) is 3.19. The molecule has 3 aromatic carbocycles. The summed E-state index contributed by atoms with van der Waals surface area (Å²) in [7, 11) is 1.50. The van der Waals surface area contributed by atoms with Crippen molar-refractivity contribution in [1.82, 2.24) is 4.90 Å². The van der Waals surface area contributed by atoms with Gasteiger partial charge >= 0.3 is 0 Å². The number of carbonyl (C=O) groups excluding carboxylic acids is 1. The number of anilines is 1. The maximum atomic E-state index is 13.4. The molecule has 2 N–H and O–H groups in total. The second-order valence-electron chi connectivity index (χ2n) is 8.16. The molecule has 1 atom stereocenters. The first kappa shape index (κ1) is 23.0. The Labute approximate surface area is 212 Å². The van der Waals surface area contributed by atoms with Crippen LogP contribution in [0.3, 0.4) is 0 Å². The second-order valence-corrected chi connectivity index (χ2v) is 9.68. The predicted octanol–water partition coefficient (Wildman–Crippen LogP) is 6.99. The van der Waals surface area contributed by atoms with Gasteiger partial charge in [-0.1, -0.05) is 54.1 Å². The van der Waals surface area contributed by atoms with Gasteiger partial charge in [-0.15, -0.1) is 17.9 Å². The van der Waals surface area contributed by atoms with E-state index in [9.17, 15) is 9.90 Å². The fourth-order valence-electron chi connectivity index (χ4n) is 4.36. The lowest BCUT2D eigenvalue weighted by Gasteiger charge is -2.35. The van der Waals surface area contributed by atoms with E-state index in [-0.39, 0.29) is 17.7 Å². The van der Waals surface area contributed by atoms with Gasteiger partial charge in [-0.05, 0) is 41.5 Å². The normalized spacial score (nSPS) is 14.9. The molecule has 0 aliphatic carbocycles. The van der Waals surface area contributed by atoms with Crippen LogP contribution in [0, 0.1) is 0 Å². The van der Waals surface area contributed by atoms with Crippen molar-refractivity contribution >= 4 is 50.2 Å². The number of benzene rings is 3. The first-order chi connectivity index (χ1) is 17.0. The molecule has 35 heavy (non-hydrogen) atoms. The number of hydrogen-bond donors (Lipinski definition) is 2. The molecule has 5 rings (SSSR count). The van der Waals surface area contributed by atoms with Crippen LogP contribution in [0.2, 0.25) is 5.02 Å². The molecule has 1 aliphatic rings. The molecule has 0 saturated carbocycles. The summed E-state index contributed by atoms with van der Waals surface area (Å²) in [5.41, 5.74) is 2.55. The molecule has 0 bridgehead atoms. The van der Waals surface area contributed by atoms with E-state index in [4.69, 9.17) is 16.3 Å². The van der Waals surface area contributed by atoms with Crippen LogP contribution in [0.1, 0.15) is 22.0 Å². The molecule has 5 nitrogen and oxygen atoms in total.